The van der Waals surface area contributed by atoms with Crippen LogP contribution in [-0.2, 0) is 4.74 Å². The third-order valence-electron chi connectivity index (χ3n) is 2.85. The molecule has 0 saturated heterocycles. The van der Waals surface area contributed by atoms with Gasteiger partial charge in [-0.1, -0.05) is 6.07 Å². The number of amides is 1. The van der Waals surface area contributed by atoms with Crippen molar-refractivity contribution >= 4 is 24.3 Å². The van der Waals surface area contributed by atoms with E-state index >= 15 is 0 Å². The fraction of sp³-hybridized carbons (Fsp3) is 0.188. The Hall–Kier alpha value is -2.60. The third-order valence-corrected chi connectivity index (χ3v) is 2.85. The molecule has 6 nitrogen and oxygen atoms in total. The summed E-state index contributed by atoms with van der Waals surface area (Å²) in [5, 5.41) is 2.67. The number of hydrogen-bond acceptors (Lipinski definition) is 5. The molecule has 2 rings (SSSR count). The highest BCUT2D eigenvalue weighted by Gasteiger charge is 2.08. The Morgan fingerprint density at radius 3 is 2.65 bits per heavy atom. The fourth-order valence-corrected chi connectivity index (χ4v) is 1.74. The van der Waals surface area contributed by atoms with Gasteiger partial charge in [-0.2, -0.15) is 0 Å². The van der Waals surface area contributed by atoms with Crippen molar-refractivity contribution in [2.45, 2.75) is 0 Å². The summed E-state index contributed by atoms with van der Waals surface area (Å²) in [6.07, 6.45) is 3.00. The Morgan fingerprint density at radius 1 is 1.17 bits per heavy atom. The minimum Gasteiger partial charge on any atom is -0.497 e. The van der Waals surface area contributed by atoms with Crippen molar-refractivity contribution in [2.75, 3.05) is 20.3 Å². The second kappa shape index (κ2) is 9.42. The van der Waals surface area contributed by atoms with Crippen LogP contribution in [0.4, 0.5) is 0 Å². The number of methoxy groups -OCH3 is 1. The molecule has 0 saturated carbocycles. The van der Waals surface area contributed by atoms with Gasteiger partial charge in [0, 0.05) is 18.0 Å². The number of nitrogens with one attached hydrogen (secondary N) is 1. The fourth-order valence-electron chi connectivity index (χ4n) is 1.74. The van der Waals surface area contributed by atoms with Crippen LogP contribution in [0.1, 0.15) is 20.7 Å². The molecule has 0 fully saturated rings. The van der Waals surface area contributed by atoms with Gasteiger partial charge in [0.2, 0.25) is 0 Å². The predicted molar refractivity (Wildman–Crippen MR) is 87.1 cm³/mol. The van der Waals surface area contributed by atoms with Crippen LogP contribution in [0.15, 0.2) is 48.8 Å². The van der Waals surface area contributed by atoms with Crippen LogP contribution in [0.5, 0.6) is 5.75 Å². The van der Waals surface area contributed by atoms with Crippen LogP contribution >= 0.6 is 12.4 Å². The second-order valence-electron chi connectivity index (χ2n) is 4.37. The van der Waals surface area contributed by atoms with E-state index in [0.29, 0.717) is 16.9 Å². The second-order valence-corrected chi connectivity index (χ2v) is 4.37. The maximum absolute atomic E-state index is 11.9. The lowest BCUT2D eigenvalue weighted by Crippen LogP contribution is -2.28. The van der Waals surface area contributed by atoms with Crippen LogP contribution in [0, 0.1) is 0 Å². The first-order chi connectivity index (χ1) is 10.7. The average molecular weight is 337 g/mol. The minimum absolute atomic E-state index is 0. The standard InChI is InChI=1S/C16H16N2O4.ClH/c1-21-14-6-2-4-12(10-14)15(19)18-8-9-22-16(20)13-5-3-7-17-11-13;/h2-7,10-11H,8-9H2,1H3,(H,18,19);1H. The van der Waals surface area contributed by atoms with E-state index in [0.717, 1.165) is 0 Å². The summed E-state index contributed by atoms with van der Waals surface area (Å²) in [7, 11) is 1.54. The normalized spacial score (nSPS) is 9.43. The van der Waals surface area contributed by atoms with E-state index in [-0.39, 0.29) is 31.5 Å². The molecule has 0 aliphatic rings. The van der Waals surface area contributed by atoms with Crippen molar-refractivity contribution in [3.05, 3.63) is 59.9 Å². The Morgan fingerprint density at radius 2 is 1.96 bits per heavy atom. The number of carbonyl (C=O) groups excluding carboxylic acids is 2. The lowest BCUT2D eigenvalue weighted by molar-refractivity contribution is 0.0502. The minimum atomic E-state index is -0.469. The number of rotatable bonds is 6. The first-order valence-electron chi connectivity index (χ1n) is 6.70. The number of aromatic nitrogens is 1. The molecule has 1 N–H and O–H groups in total. The summed E-state index contributed by atoms with van der Waals surface area (Å²) in [6.45, 7) is 0.311. The molecule has 1 heterocycles. The van der Waals surface area contributed by atoms with E-state index in [2.05, 4.69) is 10.3 Å². The number of benzene rings is 1. The van der Waals surface area contributed by atoms with Crippen molar-refractivity contribution in [2.24, 2.45) is 0 Å². The Bertz CT molecular complexity index is 650. The highest BCUT2D eigenvalue weighted by Crippen LogP contribution is 2.12. The molecule has 1 amide bonds. The van der Waals surface area contributed by atoms with Crippen LogP contribution < -0.4 is 10.1 Å². The summed E-state index contributed by atoms with van der Waals surface area (Å²) in [5.41, 5.74) is 0.861. The highest BCUT2D eigenvalue weighted by atomic mass is 35.5. The molecule has 23 heavy (non-hydrogen) atoms. The molecular formula is C16H17ClN2O4. The van der Waals surface area contributed by atoms with Gasteiger partial charge in [0.15, 0.2) is 0 Å². The molecule has 0 bridgehead atoms. The van der Waals surface area contributed by atoms with Crippen molar-refractivity contribution in [3.8, 4) is 5.75 Å². The molecule has 0 aliphatic heterocycles. The lowest BCUT2D eigenvalue weighted by Gasteiger charge is -2.07. The van der Waals surface area contributed by atoms with E-state index in [9.17, 15) is 9.59 Å². The third kappa shape index (κ3) is 5.60. The number of pyridine rings is 1. The topological polar surface area (TPSA) is 77.5 Å². The van der Waals surface area contributed by atoms with Gasteiger partial charge in [0.05, 0.1) is 19.2 Å². The molecule has 1 aromatic carbocycles. The SMILES string of the molecule is COc1cccc(C(=O)NCCOC(=O)c2cccnc2)c1.Cl. The van der Waals surface area contributed by atoms with Crippen molar-refractivity contribution in [1.29, 1.82) is 0 Å². The molecule has 0 atom stereocenters. The maximum atomic E-state index is 11.9. The smallest absolute Gasteiger partial charge is 0.339 e. The number of ether oxygens (including phenoxy) is 2. The Labute approximate surface area is 140 Å². The van der Waals surface area contributed by atoms with Gasteiger partial charge in [-0.05, 0) is 30.3 Å². The van der Waals surface area contributed by atoms with E-state index in [1.165, 1.54) is 13.3 Å². The first kappa shape index (κ1) is 18.4. The van der Waals surface area contributed by atoms with Gasteiger partial charge >= 0.3 is 5.97 Å². The zero-order valence-electron chi connectivity index (χ0n) is 12.5. The van der Waals surface area contributed by atoms with Crippen molar-refractivity contribution in [1.82, 2.24) is 10.3 Å². The molecule has 0 radical (unpaired) electrons. The number of carbonyl (C=O) groups is 2. The summed E-state index contributed by atoms with van der Waals surface area (Å²) in [6, 6.07) is 10.1. The molecule has 1 aromatic heterocycles. The van der Waals surface area contributed by atoms with Gasteiger partial charge in [0.25, 0.3) is 5.91 Å². The van der Waals surface area contributed by atoms with E-state index < -0.39 is 5.97 Å². The molecular weight excluding hydrogens is 320 g/mol. The zero-order valence-corrected chi connectivity index (χ0v) is 13.3. The molecule has 0 aliphatic carbocycles. The van der Waals surface area contributed by atoms with Gasteiger partial charge in [0.1, 0.15) is 12.4 Å². The van der Waals surface area contributed by atoms with Crippen LogP contribution in [0.25, 0.3) is 0 Å². The lowest BCUT2D eigenvalue weighted by atomic mass is 10.2. The number of halogens is 1. The number of hydrogen-bond donors (Lipinski definition) is 1. The van der Waals surface area contributed by atoms with E-state index in [1.807, 2.05) is 0 Å². The largest absolute Gasteiger partial charge is 0.497 e. The maximum Gasteiger partial charge on any atom is 0.339 e. The molecule has 0 spiro atoms. The molecule has 7 heteroatoms. The van der Waals surface area contributed by atoms with Crippen molar-refractivity contribution in [3.63, 3.8) is 0 Å². The first-order valence-corrected chi connectivity index (χ1v) is 6.70. The summed E-state index contributed by atoms with van der Waals surface area (Å²) < 4.78 is 10.1. The predicted octanol–water partition coefficient (Wildman–Crippen LogP) is 2.10. The van der Waals surface area contributed by atoms with Gasteiger partial charge < -0.3 is 14.8 Å². The number of nitrogens with zero attached hydrogens (tertiary/aromatic N) is 1. The summed E-state index contributed by atoms with van der Waals surface area (Å²) >= 11 is 0. The van der Waals surface area contributed by atoms with Crippen molar-refractivity contribution < 1.29 is 19.1 Å². The van der Waals surface area contributed by atoms with Crippen LogP contribution in [-0.4, -0.2) is 37.1 Å². The summed E-state index contributed by atoms with van der Waals surface area (Å²) in [5.74, 6) is -0.115. The van der Waals surface area contributed by atoms with Crippen LogP contribution in [0.2, 0.25) is 0 Å². The quantitative estimate of drug-likeness (QED) is 0.645. The molecule has 122 valence electrons. The van der Waals surface area contributed by atoms with Gasteiger partial charge in [-0.3, -0.25) is 9.78 Å². The van der Waals surface area contributed by atoms with E-state index in [4.69, 9.17) is 9.47 Å². The zero-order chi connectivity index (χ0) is 15.8. The highest BCUT2D eigenvalue weighted by molar-refractivity contribution is 5.94. The Kier molecular flexibility index (Phi) is 7.56. The average Bonchev–Trinajstić information content (AvgIpc) is 2.59. The van der Waals surface area contributed by atoms with Gasteiger partial charge in [-0.25, -0.2) is 4.79 Å². The summed E-state index contributed by atoms with van der Waals surface area (Å²) in [4.78, 5) is 27.4. The van der Waals surface area contributed by atoms with Gasteiger partial charge in [-0.15, -0.1) is 12.4 Å². The molecule has 0 unspecified atom stereocenters. The van der Waals surface area contributed by atoms with Crippen LogP contribution in [0.3, 0.4) is 0 Å². The Balaban J connectivity index is 0.00000264. The monoisotopic (exact) mass is 336 g/mol. The van der Waals surface area contributed by atoms with E-state index in [1.54, 1.807) is 42.6 Å². The number of esters is 1. The molecule has 2 aromatic rings.